The maximum atomic E-state index is 6.48. The van der Waals surface area contributed by atoms with E-state index >= 15 is 0 Å². The molecule has 1 nitrogen and oxygen atoms in total. The van der Waals surface area contributed by atoms with Gasteiger partial charge in [-0.05, 0) is 51.7 Å². The SMILES string of the molecule is Cc1ccc(-c2cc3ccccc3c3c2c2ccccc2c2oc4ccccc4c23)cc1. The molecule has 150 valence electrons. The summed E-state index contributed by atoms with van der Waals surface area (Å²) in [6.07, 6.45) is 0. The van der Waals surface area contributed by atoms with E-state index in [9.17, 15) is 0 Å². The number of aryl methyl sites for hydroxylation is 1. The first-order chi connectivity index (χ1) is 15.8. The van der Waals surface area contributed by atoms with Crippen LogP contribution in [0, 0.1) is 6.92 Å². The lowest BCUT2D eigenvalue weighted by atomic mass is 9.87. The van der Waals surface area contributed by atoms with Crippen LogP contribution >= 0.6 is 0 Å². The fourth-order valence-electron chi connectivity index (χ4n) is 5.23. The van der Waals surface area contributed by atoms with Crippen LogP contribution in [-0.4, -0.2) is 0 Å². The Kier molecular flexibility index (Phi) is 3.54. The van der Waals surface area contributed by atoms with Crippen molar-refractivity contribution in [1.29, 1.82) is 0 Å². The Bertz CT molecular complexity index is 1820. The second-order valence-corrected chi connectivity index (χ2v) is 8.61. The van der Waals surface area contributed by atoms with Crippen molar-refractivity contribution < 1.29 is 4.42 Å². The number of furan rings is 1. The number of para-hydroxylation sites is 1. The highest BCUT2D eigenvalue weighted by Gasteiger charge is 2.20. The summed E-state index contributed by atoms with van der Waals surface area (Å²) in [5, 5.41) is 9.85. The second-order valence-electron chi connectivity index (χ2n) is 8.61. The summed E-state index contributed by atoms with van der Waals surface area (Å²) in [4.78, 5) is 0. The van der Waals surface area contributed by atoms with Gasteiger partial charge in [-0.25, -0.2) is 0 Å². The third kappa shape index (κ3) is 2.34. The molecule has 0 aliphatic carbocycles. The van der Waals surface area contributed by atoms with Gasteiger partial charge in [-0.15, -0.1) is 0 Å². The molecule has 0 atom stereocenters. The van der Waals surface area contributed by atoms with E-state index in [1.54, 1.807) is 0 Å². The Morgan fingerprint density at radius 3 is 2.00 bits per heavy atom. The van der Waals surface area contributed by atoms with Crippen molar-refractivity contribution in [3.8, 4) is 11.1 Å². The third-order valence-corrected chi connectivity index (χ3v) is 6.70. The van der Waals surface area contributed by atoms with E-state index in [1.807, 2.05) is 6.07 Å². The minimum atomic E-state index is 0.935. The standard InChI is InChI=1S/C31H20O/c1-19-14-16-20(17-15-19)26-18-21-8-2-3-9-22(21)29-28(26)23-10-4-5-11-24(23)31-30(29)25-12-6-7-13-27(25)32-31/h2-18H,1H3. The lowest BCUT2D eigenvalue weighted by Gasteiger charge is -2.15. The van der Waals surface area contributed by atoms with E-state index in [-0.39, 0.29) is 0 Å². The van der Waals surface area contributed by atoms with E-state index in [1.165, 1.54) is 54.4 Å². The van der Waals surface area contributed by atoms with Crippen LogP contribution in [-0.2, 0) is 0 Å². The Morgan fingerprint density at radius 2 is 1.19 bits per heavy atom. The number of hydrogen-bond acceptors (Lipinski definition) is 1. The Balaban J connectivity index is 1.86. The molecule has 7 aromatic rings. The van der Waals surface area contributed by atoms with Gasteiger partial charge in [-0.1, -0.05) is 96.6 Å². The van der Waals surface area contributed by atoms with Crippen molar-refractivity contribution in [3.05, 3.63) is 109 Å². The molecule has 32 heavy (non-hydrogen) atoms. The highest BCUT2D eigenvalue weighted by molar-refractivity contribution is 6.37. The lowest BCUT2D eigenvalue weighted by molar-refractivity contribution is 0.673. The first-order valence-corrected chi connectivity index (χ1v) is 11.0. The van der Waals surface area contributed by atoms with Crippen molar-refractivity contribution >= 4 is 54.3 Å². The molecule has 0 radical (unpaired) electrons. The molecule has 0 saturated heterocycles. The molecule has 1 heterocycles. The molecule has 0 saturated carbocycles. The summed E-state index contributed by atoms with van der Waals surface area (Å²) in [6.45, 7) is 2.14. The average Bonchev–Trinajstić information content (AvgIpc) is 3.24. The van der Waals surface area contributed by atoms with Crippen molar-refractivity contribution in [1.82, 2.24) is 0 Å². The van der Waals surface area contributed by atoms with Gasteiger partial charge < -0.3 is 4.42 Å². The van der Waals surface area contributed by atoms with Crippen LogP contribution in [0.5, 0.6) is 0 Å². The van der Waals surface area contributed by atoms with E-state index < -0.39 is 0 Å². The minimum Gasteiger partial charge on any atom is -0.455 e. The smallest absolute Gasteiger partial charge is 0.143 e. The summed E-state index contributed by atoms with van der Waals surface area (Å²) in [5.74, 6) is 0. The van der Waals surface area contributed by atoms with Crippen LogP contribution in [0.25, 0.3) is 65.4 Å². The summed E-state index contributed by atoms with van der Waals surface area (Å²) in [5.41, 5.74) is 5.68. The molecular weight excluding hydrogens is 388 g/mol. The molecular formula is C31H20O. The topological polar surface area (TPSA) is 13.1 Å². The Labute approximate surface area is 185 Å². The van der Waals surface area contributed by atoms with E-state index in [2.05, 4.69) is 104 Å². The first-order valence-electron chi connectivity index (χ1n) is 11.0. The van der Waals surface area contributed by atoms with E-state index in [0.29, 0.717) is 0 Å². The summed E-state index contributed by atoms with van der Waals surface area (Å²) in [6, 6.07) is 37.0. The Morgan fingerprint density at radius 1 is 0.531 bits per heavy atom. The van der Waals surface area contributed by atoms with Crippen molar-refractivity contribution in [2.75, 3.05) is 0 Å². The lowest BCUT2D eigenvalue weighted by Crippen LogP contribution is -1.88. The number of benzene rings is 6. The molecule has 0 N–H and O–H groups in total. The summed E-state index contributed by atoms with van der Waals surface area (Å²) < 4.78 is 6.48. The van der Waals surface area contributed by atoms with Crippen LogP contribution in [0.2, 0.25) is 0 Å². The fourth-order valence-corrected chi connectivity index (χ4v) is 5.23. The molecule has 7 rings (SSSR count). The molecule has 1 heteroatoms. The van der Waals surface area contributed by atoms with E-state index in [0.717, 1.165) is 16.6 Å². The largest absolute Gasteiger partial charge is 0.455 e. The fraction of sp³-hybridized carbons (Fsp3) is 0.0323. The zero-order valence-corrected chi connectivity index (χ0v) is 17.7. The third-order valence-electron chi connectivity index (χ3n) is 6.70. The van der Waals surface area contributed by atoms with Gasteiger partial charge in [0.15, 0.2) is 0 Å². The number of rotatable bonds is 1. The van der Waals surface area contributed by atoms with Crippen LogP contribution in [0.4, 0.5) is 0 Å². The van der Waals surface area contributed by atoms with Gasteiger partial charge >= 0.3 is 0 Å². The molecule has 1 aromatic heterocycles. The van der Waals surface area contributed by atoms with Gasteiger partial charge in [0, 0.05) is 21.5 Å². The molecule has 0 amide bonds. The van der Waals surface area contributed by atoms with Crippen molar-refractivity contribution in [3.63, 3.8) is 0 Å². The molecule has 0 aliphatic rings. The maximum Gasteiger partial charge on any atom is 0.143 e. The maximum absolute atomic E-state index is 6.48. The monoisotopic (exact) mass is 408 g/mol. The van der Waals surface area contributed by atoms with Crippen LogP contribution in [0.3, 0.4) is 0 Å². The average molecular weight is 409 g/mol. The summed E-state index contributed by atoms with van der Waals surface area (Å²) >= 11 is 0. The predicted molar refractivity (Wildman–Crippen MR) is 136 cm³/mol. The second kappa shape index (κ2) is 6.45. The van der Waals surface area contributed by atoms with Gasteiger partial charge in [0.05, 0.1) is 0 Å². The highest BCUT2D eigenvalue weighted by atomic mass is 16.3. The molecule has 0 fully saturated rings. The zero-order chi connectivity index (χ0) is 21.2. The highest BCUT2D eigenvalue weighted by Crippen LogP contribution is 2.46. The molecule has 0 bridgehead atoms. The van der Waals surface area contributed by atoms with Gasteiger partial charge in [-0.3, -0.25) is 0 Å². The molecule has 0 aliphatic heterocycles. The zero-order valence-electron chi connectivity index (χ0n) is 17.7. The van der Waals surface area contributed by atoms with Gasteiger partial charge in [-0.2, -0.15) is 0 Å². The molecule has 0 spiro atoms. The van der Waals surface area contributed by atoms with Gasteiger partial charge in [0.2, 0.25) is 0 Å². The normalized spacial score (nSPS) is 11.9. The van der Waals surface area contributed by atoms with Crippen molar-refractivity contribution in [2.24, 2.45) is 0 Å². The number of fused-ring (bicyclic) bond motifs is 10. The van der Waals surface area contributed by atoms with Gasteiger partial charge in [0.1, 0.15) is 11.2 Å². The summed E-state index contributed by atoms with van der Waals surface area (Å²) in [7, 11) is 0. The Hall–Kier alpha value is -4.10. The number of hydrogen-bond donors (Lipinski definition) is 0. The van der Waals surface area contributed by atoms with Gasteiger partial charge in [0.25, 0.3) is 0 Å². The quantitative estimate of drug-likeness (QED) is 0.247. The van der Waals surface area contributed by atoms with Crippen LogP contribution in [0.15, 0.2) is 108 Å². The van der Waals surface area contributed by atoms with Crippen LogP contribution < -0.4 is 0 Å². The molecule has 6 aromatic carbocycles. The van der Waals surface area contributed by atoms with Crippen molar-refractivity contribution in [2.45, 2.75) is 6.92 Å². The molecule has 0 unspecified atom stereocenters. The van der Waals surface area contributed by atoms with E-state index in [4.69, 9.17) is 4.42 Å². The van der Waals surface area contributed by atoms with Crippen LogP contribution in [0.1, 0.15) is 5.56 Å². The predicted octanol–water partition coefficient (Wildman–Crippen LogP) is 9.02. The minimum absolute atomic E-state index is 0.935. The first kappa shape index (κ1) is 17.6.